The van der Waals surface area contributed by atoms with E-state index in [-0.39, 0.29) is 30.6 Å². The van der Waals surface area contributed by atoms with E-state index in [1.807, 2.05) is 0 Å². The molecule has 1 N–H and O–H groups in total. The summed E-state index contributed by atoms with van der Waals surface area (Å²) in [5.74, 6) is -1.64. The standard InChI is InChI=1S/C16H16F3N3O3/c1-21(2)13-9(16(17,18)19)4-3-8-7-22(15(25)12(8)13)10-5-6-11(23)20-14(10)24/h3-4,10H,5-7H2,1-2H3,(H,20,23,24). The van der Waals surface area contributed by atoms with Gasteiger partial charge in [0.05, 0.1) is 16.8 Å². The lowest BCUT2D eigenvalue weighted by molar-refractivity contribution is -0.138. The van der Waals surface area contributed by atoms with E-state index in [0.29, 0.717) is 5.56 Å². The first-order chi connectivity index (χ1) is 11.6. The Morgan fingerprint density at radius 2 is 1.88 bits per heavy atom. The Labute approximate surface area is 141 Å². The van der Waals surface area contributed by atoms with Crippen molar-refractivity contribution in [2.75, 3.05) is 19.0 Å². The monoisotopic (exact) mass is 355 g/mol. The van der Waals surface area contributed by atoms with Crippen LogP contribution in [0.1, 0.15) is 34.3 Å². The third-order valence-electron chi connectivity index (χ3n) is 4.42. The molecule has 1 atom stereocenters. The number of benzene rings is 1. The largest absolute Gasteiger partial charge is 0.418 e. The first kappa shape index (κ1) is 17.2. The van der Waals surface area contributed by atoms with Crippen molar-refractivity contribution in [3.05, 3.63) is 28.8 Å². The molecule has 0 radical (unpaired) electrons. The molecular formula is C16H16F3N3O3. The molecule has 0 saturated carbocycles. The second-order valence-corrected chi connectivity index (χ2v) is 6.29. The number of carbonyl (C=O) groups excluding carboxylic acids is 3. The summed E-state index contributed by atoms with van der Waals surface area (Å²) in [5.41, 5.74) is -0.699. The molecular weight excluding hydrogens is 339 g/mol. The maximum atomic E-state index is 13.3. The molecule has 1 aromatic rings. The fourth-order valence-electron chi connectivity index (χ4n) is 3.33. The average Bonchev–Trinajstić information content (AvgIpc) is 2.82. The number of halogens is 3. The van der Waals surface area contributed by atoms with Gasteiger partial charge in [-0.25, -0.2) is 0 Å². The Morgan fingerprint density at radius 1 is 1.20 bits per heavy atom. The van der Waals surface area contributed by atoms with Crippen LogP contribution < -0.4 is 10.2 Å². The molecule has 3 amide bonds. The molecule has 1 fully saturated rings. The van der Waals surface area contributed by atoms with Crippen LogP contribution in [0.5, 0.6) is 0 Å². The van der Waals surface area contributed by atoms with Crippen molar-refractivity contribution in [2.45, 2.75) is 31.6 Å². The minimum absolute atomic E-state index is 0.0375. The topological polar surface area (TPSA) is 69.7 Å². The van der Waals surface area contributed by atoms with Crippen molar-refractivity contribution < 1.29 is 27.6 Å². The number of carbonyl (C=O) groups is 3. The molecule has 1 unspecified atom stereocenters. The predicted octanol–water partition coefficient (Wildman–Crippen LogP) is 1.53. The number of alkyl halides is 3. The number of anilines is 1. The third kappa shape index (κ3) is 2.83. The highest BCUT2D eigenvalue weighted by Crippen LogP contribution is 2.42. The quantitative estimate of drug-likeness (QED) is 0.817. The van der Waals surface area contributed by atoms with Crippen LogP contribution in [0, 0.1) is 0 Å². The van der Waals surface area contributed by atoms with Gasteiger partial charge in [0.1, 0.15) is 6.04 Å². The zero-order valence-electron chi connectivity index (χ0n) is 13.6. The van der Waals surface area contributed by atoms with E-state index in [1.165, 1.54) is 30.0 Å². The molecule has 3 rings (SSSR count). The number of fused-ring (bicyclic) bond motifs is 1. The van der Waals surface area contributed by atoms with E-state index in [2.05, 4.69) is 5.32 Å². The van der Waals surface area contributed by atoms with Crippen molar-refractivity contribution in [2.24, 2.45) is 0 Å². The Hall–Kier alpha value is -2.58. The number of imide groups is 1. The molecule has 0 spiro atoms. The van der Waals surface area contributed by atoms with Crippen LogP contribution in [0.4, 0.5) is 18.9 Å². The molecule has 134 valence electrons. The molecule has 1 saturated heterocycles. The molecule has 2 aliphatic heterocycles. The van der Waals surface area contributed by atoms with Gasteiger partial charge in [-0.2, -0.15) is 13.2 Å². The average molecular weight is 355 g/mol. The number of hydrogen-bond acceptors (Lipinski definition) is 4. The number of rotatable bonds is 2. The Bertz CT molecular complexity index is 774. The molecule has 0 aromatic heterocycles. The van der Waals surface area contributed by atoms with Crippen LogP contribution in [0.3, 0.4) is 0 Å². The summed E-state index contributed by atoms with van der Waals surface area (Å²) in [6.45, 7) is 0.0411. The van der Waals surface area contributed by atoms with E-state index in [0.717, 1.165) is 6.07 Å². The minimum atomic E-state index is -4.60. The molecule has 9 heteroatoms. The van der Waals surface area contributed by atoms with Gasteiger partial charge in [0, 0.05) is 27.1 Å². The summed E-state index contributed by atoms with van der Waals surface area (Å²) in [4.78, 5) is 38.6. The number of amides is 3. The second-order valence-electron chi connectivity index (χ2n) is 6.29. The van der Waals surface area contributed by atoms with Crippen LogP contribution in [-0.2, 0) is 22.3 Å². The van der Waals surface area contributed by atoms with Crippen molar-refractivity contribution in [3.8, 4) is 0 Å². The molecule has 0 aliphatic carbocycles. The van der Waals surface area contributed by atoms with Gasteiger partial charge in [-0.3, -0.25) is 19.7 Å². The summed E-state index contributed by atoms with van der Waals surface area (Å²) < 4.78 is 39.9. The summed E-state index contributed by atoms with van der Waals surface area (Å²) in [5, 5.41) is 2.16. The van der Waals surface area contributed by atoms with Gasteiger partial charge in [-0.1, -0.05) is 6.07 Å². The van der Waals surface area contributed by atoms with E-state index < -0.39 is 35.5 Å². The van der Waals surface area contributed by atoms with Gasteiger partial charge < -0.3 is 9.80 Å². The molecule has 2 heterocycles. The first-order valence-corrected chi connectivity index (χ1v) is 7.66. The highest BCUT2D eigenvalue weighted by molar-refractivity contribution is 6.08. The SMILES string of the molecule is CN(C)c1c(C(F)(F)F)ccc2c1C(=O)N(C1CCC(=O)NC1=O)C2. The lowest BCUT2D eigenvalue weighted by atomic mass is 10.0. The van der Waals surface area contributed by atoms with E-state index in [4.69, 9.17) is 0 Å². The van der Waals surface area contributed by atoms with Gasteiger partial charge in [0.25, 0.3) is 5.91 Å². The van der Waals surface area contributed by atoms with Crippen LogP contribution in [0.25, 0.3) is 0 Å². The smallest absolute Gasteiger partial charge is 0.377 e. The Balaban J connectivity index is 2.03. The number of piperidine rings is 1. The normalized spacial score (nSPS) is 20.6. The van der Waals surface area contributed by atoms with Crippen LogP contribution in [-0.4, -0.2) is 42.8 Å². The van der Waals surface area contributed by atoms with Gasteiger partial charge in [0.15, 0.2) is 0 Å². The van der Waals surface area contributed by atoms with Crippen molar-refractivity contribution in [1.82, 2.24) is 10.2 Å². The highest BCUT2D eigenvalue weighted by Gasteiger charge is 2.43. The summed E-state index contributed by atoms with van der Waals surface area (Å²) >= 11 is 0. The third-order valence-corrected chi connectivity index (χ3v) is 4.42. The Morgan fingerprint density at radius 3 is 2.44 bits per heavy atom. The lowest BCUT2D eigenvalue weighted by Gasteiger charge is -2.29. The zero-order valence-corrected chi connectivity index (χ0v) is 13.6. The van der Waals surface area contributed by atoms with Crippen molar-refractivity contribution in [1.29, 1.82) is 0 Å². The van der Waals surface area contributed by atoms with Crippen molar-refractivity contribution in [3.63, 3.8) is 0 Å². The van der Waals surface area contributed by atoms with Crippen molar-refractivity contribution >= 4 is 23.4 Å². The fourth-order valence-corrected chi connectivity index (χ4v) is 3.33. The van der Waals surface area contributed by atoms with E-state index in [1.54, 1.807) is 0 Å². The fraction of sp³-hybridized carbons (Fsp3) is 0.438. The second kappa shape index (κ2) is 5.75. The number of nitrogens with one attached hydrogen (secondary N) is 1. The molecule has 6 nitrogen and oxygen atoms in total. The van der Waals surface area contributed by atoms with Gasteiger partial charge in [-0.05, 0) is 18.1 Å². The lowest BCUT2D eigenvalue weighted by Crippen LogP contribution is -2.52. The maximum absolute atomic E-state index is 13.3. The van der Waals surface area contributed by atoms with E-state index >= 15 is 0 Å². The zero-order chi connectivity index (χ0) is 18.5. The van der Waals surface area contributed by atoms with Crippen LogP contribution in [0.2, 0.25) is 0 Å². The number of nitrogens with zero attached hydrogens (tertiary/aromatic N) is 2. The van der Waals surface area contributed by atoms with Gasteiger partial charge >= 0.3 is 6.18 Å². The van der Waals surface area contributed by atoms with E-state index in [9.17, 15) is 27.6 Å². The minimum Gasteiger partial charge on any atom is -0.377 e. The molecule has 25 heavy (non-hydrogen) atoms. The predicted molar refractivity (Wildman–Crippen MR) is 81.8 cm³/mol. The molecule has 2 aliphatic rings. The summed E-state index contributed by atoms with van der Waals surface area (Å²) in [6, 6.07) is 1.37. The van der Waals surface area contributed by atoms with Crippen LogP contribution >= 0.6 is 0 Å². The first-order valence-electron chi connectivity index (χ1n) is 7.66. The highest BCUT2D eigenvalue weighted by atomic mass is 19.4. The summed E-state index contributed by atoms with van der Waals surface area (Å²) in [6.07, 6.45) is -4.35. The van der Waals surface area contributed by atoms with Gasteiger partial charge in [0.2, 0.25) is 11.8 Å². The summed E-state index contributed by atoms with van der Waals surface area (Å²) in [7, 11) is 2.87. The van der Waals surface area contributed by atoms with Gasteiger partial charge in [-0.15, -0.1) is 0 Å². The van der Waals surface area contributed by atoms with Crippen LogP contribution in [0.15, 0.2) is 12.1 Å². The Kier molecular flexibility index (Phi) is 3.97. The number of hydrogen-bond donors (Lipinski definition) is 1. The maximum Gasteiger partial charge on any atom is 0.418 e. The molecule has 0 bridgehead atoms. The molecule has 1 aromatic carbocycles.